The lowest BCUT2D eigenvalue weighted by Gasteiger charge is -2.51. The molecule has 0 aromatic heterocycles. The molecule has 2 nitrogen and oxygen atoms in total. The van der Waals surface area contributed by atoms with Crippen molar-refractivity contribution in [1.82, 2.24) is 0 Å². The highest BCUT2D eigenvalue weighted by Crippen LogP contribution is 2.51. The number of hydrogen-bond donors (Lipinski definition) is 1. The van der Waals surface area contributed by atoms with E-state index in [0.717, 1.165) is 25.7 Å². The van der Waals surface area contributed by atoms with Gasteiger partial charge in [-0.2, -0.15) is 0 Å². The molecule has 2 heteroatoms. The van der Waals surface area contributed by atoms with Gasteiger partial charge in [0.05, 0.1) is 5.60 Å². The van der Waals surface area contributed by atoms with Gasteiger partial charge in [-0.1, -0.05) is 19.1 Å². The normalized spacial score (nSPS) is 45.1. The van der Waals surface area contributed by atoms with Crippen molar-refractivity contribution in [3.63, 3.8) is 0 Å². The monoisotopic (exact) mass is 222 g/mol. The van der Waals surface area contributed by atoms with Gasteiger partial charge in [0.2, 0.25) is 0 Å². The van der Waals surface area contributed by atoms with Crippen LogP contribution in [0.5, 0.6) is 0 Å². The number of carbonyl (C=O) groups is 1. The average molecular weight is 222 g/mol. The maximum Gasteiger partial charge on any atom is 0.136 e. The van der Waals surface area contributed by atoms with Crippen LogP contribution in [0.2, 0.25) is 0 Å². The van der Waals surface area contributed by atoms with E-state index in [9.17, 15) is 9.90 Å². The second-order valence-corrected chi connectivity index (χ2v) is 5.88. The molecular formula is C14H22O2. The third-order valence-electron chi connectivity index (χ3n) is 4.59. The van der Waals surface area contributed by atoms with Crippen molar-refractivity contribution in [3.05, 3.63) is 12.2 Å². The van der Waals surface area contributed by atoms with Gasteiger partial charge in [0.25, 0.3) is 0 Å². The molecule has 16 heavy (non-hydrogen) atoms. The van der Waals surface area contributed by atoms with Crippen LogP contribution in [0.1, 0.15) is 46.0 Å². The number of fused-ring (bicyclic) bond motifs is 1. The Hall–Kier alpha value is -0.630. The van der Waals surface area contributed by atoms with Crippen LogP contribution in [-0.2, 0) is 4.79 Å². The van der Waals surface area contributed by atoms with Gasteiger partial charge in [0.15, 0.2) is 0 Å². The lowest BCUT2D eigenvalue weighted by molar-refractivity contribution is -0.124. The molecule has 2 rings (SSSR count). The molecule has 0 aliphatic heterocycles. The number of Topliss-reactive ketones (excluding diaryl/α,β-unsaturated/α-hetero) is 1. The topological polar surface area (TPSA) is 37.3 Å². The van der Waals surface area contributed by atoms with E-state index in [1.54, 1.807) is 0 Å². The van der Waals surface area contributed by atoms with E-state index < -0.39 is 5.60 Å². The first-order valence-electron chi connectivity index (χ1n) is 6.34. The van der Waals surface area contributed by atoms with Crippen molar-refractivity contribution in [2.45, 2.75) is 51.6 Å². The van der Waals surface area contributed by atoms with Gasteiger partial charge in [-0.25, -0.2) is 0 Å². The molecule has 2 aliphatic carbocycles. The highest BCUT2D eigenvalue weighted by atomic mass is 16.3. The first kappa shape index (κ1) is 11.8. The fourth-order valence-electron chi connectivity index (χ4n) is 3.26. The van der Waals surface area contributed by atoms with Crippen LogP contribution >= 0.6 is 0 Å². The van der Waals surface area contributed by atoms with E-state index in [4.69, 9.17) is 0 Å². The Morgan fingerprint density at radius 2 is 2.06 bits per heavy atom. The number of hydrogen-bond acceptors (Lipinski definition) is 2. The zero-order chi connectivity index (χ0) is 11.9. The van der Waals surface area contributed by atoms with Crippen LogP contribution in [0.15, 0.2) is 12.2 Å². The van der Waals surface area contributed by atoms with Gasteiger partial charge in [-0.15, -0.1) is 0 Å². The van der Waals surface area contributed by atoms with Crippen LogP contribution in [0.4, 0.5) is 0 Å². The Labute approximate surface area is 97.7 Å². The molecule has 1 N–H and O–H groups in total. The number of carbonyl (C=O) groups excluding carboxylic acids is 1. The zero-order valence-electron chi connectivity index (χ0n) is 10.3. The maximum absolute atomic E-state index is 11.8. The minimum atomic E-state index is -0.527. The standard InChI is InChI=1S/C14H22O2/c1-9-5-7-13(15)10(2)4-6-12-11(9)8-14(12,3)16/h10-12,16H,1,4-8H2,2-3H3/t10-,11-,12+,14-/m0/s1. The molecule has 0 aromatic rings. The second kappa shape index (κ2) is 3.99. The molecule has 2 saturated carbocycles. The summed E-state index contributed by atoms with van der Waals surface area (Å²) in [7, 11) is 0. The molecule has 0 spiro atoms. The molecule has 0 heterocycles. The first-order chi connectivity index (χ1) is 7.42. The van der Waals surface area contributed by atoms with Crippen molar-refractivity contribution in [3.8, 4) is 0 Å². The van der Waals surface area contributed by atoms with Crippen LogP contribution < -0.4 is 0 Å². The summed E-state index contributed by atoms with van der Waals surface area (Å²) in [5, 5.41) is 10.2. The highest BCUT2D eigenvalue weighted by Gasteiger charge is 2.50. The Balaban J connectivity index is 2.12. The van der Waals surface area contributed by atoms with E-state index in [0.29, 0.717) is 24.0 Å². The Bertz CT molecular complexity index is 317. The Kier molecular flexibility index (Phi) is 2.95. The van der Waals surface area contributed by atoms with Crippen LogP contribution in [0.3, 0.4) is 0 Å². The lowest BCUT2D eigenvalue weighted by atomic mass is 9.58. The molecule has 2 fully saturated rings. The lowest BCUT2D eigenvalue weighted by Crippen LogP contribution is -2.52. The third-order valence-corrected chi connectivity index (χ3v) is 4.59. The molecule has 0 unspecified atom stereocenters. The molecule has 2 aliphatic rings. The molecular weight excluding hydrogens is 200 g/mol. The predicted octanol–water partition coefficient (Wildman–Crippen LogP) is 2.71. The Morgan fingerprint density at radius 3 is 2.69 bits per heavy atom. The minimum absolute atomic E-state index is 0.156. The summed E-state index contributed by atoms with van der Waals surface area (Å²) in [5.74, 6) is 1.30. The molecule has 4 atom stereocenters. The van der Waals surface area contributed by atoms with E-state index >= 15 is 0 Å². The van der Waals surface area contributed by atoms with Gasteiger partial charge in [-0.05, 0) is 44.4 Å². The summed E-state index contributed by atoms with van der Waals surface area (Å²) in [6.45, 7) is 8.04. The predicted molar refractivity (Wildman–Crippen MR) is 64.0 cm³/mol. The third kappa shape index (κ3) is 1.95. The van der Waals surface area contributed by atoms with Crippen molar-refractivity contribution in [1.29, 1.82) is 0 Å². The van der Waals surface area contributed by atoms with E-state index in [2.05, 4.69) is 6.58 Å². The summed E-state index contributed by atoms with van der Waals surface area (Å²) in [5.41, 5.74) is 0.653. The second-order valence-electron chi connectivity index (χ2n) is 5.88. The number of aliphatic hydroxyl groups is 1. The fourth-order valence-corrected chi connectivity index (χ4v) is 3.26. The molecule has 0 saturated heterocycles. The summed E-state index contributed by atoms with van der Waals surface area (Å²) in [6.07, 6.45) is 4.18. The van der Waals surface area contributed by atoms with Gasteiger partial charge in [0.1, 0.15) is 5.78 Å². The smallest absolute Gasteiger partial charge is 0.136 e. The Morgan fingerprint density at radius 1 is 1.38 bits per heavy atom. The summed E-state index contributed by atoms with van der Waals surface area (Å²) in [6, 6.07) is 0. The van der Waals surface area contributed by atoms with Crippen molar-refractivity contribution in [2.75, 3.05) is 0 Å². The van der Waals surface area contributed by atoms with Crippen LogP contribution in [0.25, 0.3) is 0 Å². The summed E-state index contributed by atoms with van der Waals surface area (Å²) >= 11 is 0. The summed E-state index contributed by atoms with van der Waals surface area (Å²) < 4.78 is 0. The zero-order valence-corrected chi connectivity index (χ0v) is 10.3. The van der Waals surface area contributed by atoms with Gasteiger partial charge >= 0.3 is 0 Å². The molecule has 0 amide bonds. The number of allylic oxidation sites excluding steroid dienone is 1. The van der Waals surface area contributed by atoms with Gasteiger partial charge in [0, 0.05) is 12.3 Å². The van der Waals surface area contributed by atoms with Crippen molar-refractivity contribution < 1.29 is 9.90 Å². The van der Waals surface area contributed by atoms with E-state index in [1.807, 2.05) is 13.8 Å². The first-order valence-corrected chi connectivity index (χ1v) is 6.34. The average Bonchev–Trinajstić information content (AvgIpc) is 2.24. The van der Waals surface area contributed by atoms with E-state index in [-0.39, 0.29) is 5.92 Å². The molecule has 0 bridgehead atoms. The molecule has 0 aromatic carbocycles. The van der Waals surface area contributed by atoms with Gasteiger partial charge in [-0.3, -0.25) is 4.79 Å². The summed E-state index contributed by atoms with van der Waals surface area (Å²) in [4.78, 5) is 11.8. The number of rotatable bonds is 0. The van der Waals surface area contributed by atoms with Crippen LogP contribution in [-0.4, -0.2) is 16.5 Å². The van der Waals surface area contributed by atoms with Crippen molar-refractivity contribution in [2.24, 2.45) is 17.8 Å². The maximum atomic E-state index is 11.8. The quantitative estimate of drug-likeness (QED) is 0.640. The highest BCUT2D eigenvalue weighted by molar-refractivity contribution is 5.80. The van der Waals surface area contributed by atoms with Crippen LogP contribution in [0, 0.1) is 17.8 Å². The molecule has 0 radical (unpaired) electrons. The van der Waals surface area contributed by atoms with E-state index in [1.165, 1.54) is 5.57 Å². The van der Waals surface area contributed by atoms with Gasteiger partial charge < -0.3 is 5.11 Å². The van der Waals surface area contributed by atoms with Crippen molar-refractivity contribution >= 4 is 5.78 Å². The number of ketones is 1. The fraction of sp³-hybridized carbons (Fsp3) is 0.786. The largest absolute Gasteiger partial charge is 0.390 e. The minimum Gasteiger partial charge on any atom is -0.390 e. The SMILES string of the molecule is C=C1CCC(=O)[C@@H](C)CC[C@@H]2[C@H]1C[C@]2(C)O. The molecule has 90 valence electrons.